The molecule has 1 aliphatic heterocycles. The number of rotatable bonds is 6. The molecule has 3 rings (SSSR count). The third kappa shape index (κ3) is 5.16. The molecule has 0 bridgehead atoms. The molecule has 0 saturated carbocycles. The number of thioether (sulfide) groups is 1. The largest absolute Gasteiger partial charge is 0.490 e. The van der Waals surface area contributed by atoms with E-state index >= 15 is 0 Å². The molecule has 2 aromatic carbocycles. The van der Waals surface area contributed by atoms with Crippen molar-refractivity contribution in [2.24, 2.45) is 0 Å². The van der Waals surface area contributed by atoms with Crippen LogP contribution in [0.3, 0.4) is 0 Å². The predicted molar refractivity (Wildman–Crippen MR) is 117 cm³/mol. The van der Waals surface area contributed by atoms with Crippen molar-refractivity contribution >= 4 is 58.2 Å². The highest BCUT2D eigenvalue weighted by Crippen LogP contribution is 2.36. The molecule has 0 aromatic heterocycles. The number of ether oxygens (including phenoxy) is 2. The maximum absolute atomic E-state index is 12.8. The molecule has 2 amide bonds. The summed E-state index contributed by atoms with van der Waals surface area (Å²) < 4.78 is 10.6. The minimum absolute atomic E-state index is 0.0917. The molecule has 1 saturated heterocycles. The van der Waals surface area contributed by atoms with Crippen LogP contribution in [-0.4, -0.2) is 28.6 Å². The highest BCUT2D eigenvalue weighted by molar-refractivity contribution is 8.18. The highest BCUT2D eigenvalue weighted by atomic mass is 35.5. The van der Waals surface area contributed by atoms with Gasteiger partial charge >= 0.3 is 5.97 Å². The highest BCUT2D eigenvalue weighted by Gasteiger charge is 2.35. The van der Waals surface area contributed by atoms with Gasteiger partial charge in [-0.2, -0.15) is 0 Å². The SMILES string of the molecule is CCOc1cc(/C=C2/SC(=O)N(Cc3ccc(Cl)c(Cl)c3)C2=O)ccc1OC(C)=O. The predicted octanol–water partition coefficient (Wildman–Crippen LogP) is 5.55. The summed E-state index contributed by atoms with van der Waals surface area (Å²) in [6.45, 7) is 3.57. The van der Waals surface area contributed by atoms with E-state index in [0.29, 0.717) is 33.5 Å². The second-order valence-electron chi connectivity index (χ2n) is 6.25. The smallest absolute Gasteiger partial charge is 0.308 e. The van der Waals surface area contributed by atoms with Gasteiger partial charge in [0.1, 0.15) is 0 Å². The van der Waals surface area contributed by atoms with Crippen LogP contribution < -0.4 is 9.47 Å². The van der Waals surface area contributed by atoms with E-state index in [4.69, 9.17) is 32.7 Å². The van der Waals surface area contributed by atoms with Gasteiger partial charge in [0.15, 0.2) is 11.5 Å². The Morgan fingerprint density at radius 2 is 1.87 bits per heavy atom. The minimum atomic E-state index is -0.466. The molecule has 9 heteroatoms. The second-order valence-corrected chi connectivity index (χ2v) is 8.06. The fourth-order valence-electron chi connectivity index (χ4n) is 2.73. The summed E-state index contributed by atoms with van der Waals surface area (Å²) in [6, 6.07) is 9.86. The summed E-state index contributed by atoms with van der Waals surface area (Å²) in [4.78, 5) is 37.8. The van der Waals surface area contributed by atoms with Crippen molar-refractivity contribution in [3.8, 4) is 11.5 Å². The van der Waals surface area contributed by atoms with Crippen LogP contribution in [-0.2, 0) is 16.1 Å². The first kappa shape index (κ1) is 22.2. The minimum Gasteiger partial charge on any atom is -0.490 e. The van der Waals surface area contributed by atoms with Gasteiger partial charge < -0.3 is 9.47 Å². The molecule has 1 aliphatic rings. The fraction of sp³-hybridized carbons (Fsp3) is 0.190. The van der Waals surface area contributed by atoms with Crippen LogP contribution in [0.4, 0.5) is 4.79 Å². The summed E-state index contributed by atoms with van der Waals surface area (Å²) in [6.07, 6.45) is 1.60. The van der Waals surface area contributed by atoms with Gasteiger partial charge in [-0.05, 0) is 60.2 Å². The molecule has 0 N–H and O–H groups in total. The first-order valence-corrected chi connectivity index (χ1v) is 10.5. The molecular weight excluding hydrogens is 449 g/mol. The zero-order valence-electron chi connectivity index (χ0n) is 16.1. The van der Waals surface area contributed by atoms with Crippen molar-refractivity contribution in [1.82, 2.24) is 4.90 Å². The van der Waals surface area contributed by atoms with Gasteiger partial charge in [0, 0.05) is 6.92 Å². The van der Waals surface area contributed by atoms with Gasteiger partial charge in [-0.15, -0.1) is 0 Å². The van der Waals surface area contributed by atoms with Crippen LogP contribution in [0.2, 0.25) is 10.0 Å². The maximum Gasteiger partial charge on any atom is 0.308 e. The third-order valence-electron chi connectivity index (χ3n) is 4.02. The number of nitrogens with zero attached hydrogens (tertiary/aromatic N) is 1. The summed E-state index contributed by atoms with van der Waals surface area (Å²) in [5, 5.41) is 0.378. The Hall–Kier alpha value is -2.48. The Labute approximate surface area is 187 Å². The number of amides is 2. The Balaban J connectivity index is 1.83. The third-order valence-corrected chi connectivity index (χ3v) is 5.66. The van der Waals surface area contributed by atoms with E-state index in [-0.39, 0.29) is 22.4 Å². The van der Waals surface area contributed by atoms with Crippen molar-refractivity contribution in [1.29, 1.82) is 0 Å². The average molecular weight is 466 g/mol. The first-order chi connectivity index (χ1) is 14.3. The lowest BCUT2D eigenvalue weighted by molar-refractivity contribution is -0.132. The Morgan fingerprint density at radius 1 is 1.10 bits per heavy atom. The number of carbonyl (C=O) groups excluding carboxylic acids is 3. The molecule has 30 heavy (non-hydrogen) atoms. The summed E-state index contributed by atoms with van der Waals surface area (Å²) >= 11 is 12.8. The Kier molecular flexibility index (Phi) is 7.07. The molecule has 0 unspecified atom stereocenters. The standard InChI is InChI=1S/C21H17Cl2NO5S/c1-3-28-18-9-13(5-7-17(18)29-12(2)25)10-19-20(26)24(21(27)30-19)11-14-4-6-15(22)16(23)8-14/h4-10H,3,11H2,1-2H3/b19-10+. The van der Waals surface area contributed by atoms with Gasteiger partial charge in [-0.3, -0.25) is 19.3 Å². The van der Waals surface area contributed by atoms with E-state index in [1.165, 1.54) is 6.92 Å². The van der Waals surface area contributed by atoms with E-state index in [0.717, 1.165) is 16.7 Å². The number of hydrogen-bond donors (Lipinski definition) is 0. The lowest BCUT2D eigenvalue weighted by Gasteiger charge is -2.13. The van der Waals surface area contributed by atoms with Crippen LogP contribution in [0, 0.1) is 0 Å². The summed E-state index contributed by atoms with van der Waals surface area (Å²) in [7, 11) is 0. The van der Waals surface area contributed by atoms with Gasteiger partial charge in [-0.25, -0.2) is 0 Å². The molecule has 1 heterocycles. The zero-order chi connectivity index (χ0) is 21.8. The average Bonchev–Trinajstić information content (AvgIpc) is 2.94. The number of hydrogen-bond acceptors (Lipinski definition) is 6. The second kappa shape index (κ2) is 9.55. The molecule has 2 aromatic rings. The lowest BCUT2D eigenvalue weighted by Crippen LogP contribution is -2.27. The van der Waals surface area contributed by atoms with Crippen LogP contribution in [0.1, 0.15) is 25.0 Å². The van der Waals surface area contributed by atoms with E-state index in [9.17, 15) is 14.4 Å². The van der Waals surface area contributed by atoms with Crippen LogP contribution in [0.15, 0.2) is 41.3 Å². The van der Waals surface area contributed by atoms with Gasteiger partial charge in [0.2, 0.25) is 0 Å². The topological polar surface area (TPSA) is 72.9 Å². The number of esters is 1. The molecule has 1 fully saturated rings. The number of benzene rings is 2. The molecular formula is C21H17Cl2NO5S. The first-order valence-electron chi connectivity index (χ1n) is 8.93. The normalized spacial score (nSPS) is 15.1. The molecule has 6 nitrogen and oxygen atoms in total. The summed E-state index contributed by atoms with van der Waals surface area (Å²) in [5.41, 5.74) is 1.33. The Bertz CT molecular complexity index is 1050. The van der Waals surface area contributed by atoms with Crippen molar-refractivity contribution in [2.75, 3.05) is 6.61 Å². The van der Waals surface area contributed by atoms with Gasteiger partial charge in [0.25, 0.3) is 11.1 Å². The van der Waals surface area contributed by atoms with E-state index in [2.05, 4.69) is 0 Å². The van der Waals surface area contributed by atoms with Crippen molar-refractivity contribution in [3.63, 3.8) is 0 Å². The van der Waals surface area contributed by atoms with Crippen LogP contribution >= 0.6 is 35.0 Å². The van der Waals surface area contributed by atoms with Crippen molar-refractivity contribution in [3.05, 3.63) is 62.5 Å². The van der Waals surface area contributed by atoms with E-state index < -0.39 is 11.9 Å². The van der Waals surface area contributed by atoms with Crippen molar-refractivity contribution < 1.29 is 23.9 Å². The molecule has 0 spiro atoms. The number of imide groups is 1. The quantitative estimate of drug-likeness (QED) is 0.316. The zero-order valence-corrected chi connectivity index (χ0v) is 18.4. The van der Waals surface area contributed by atoms with E-state index in [1.807, 2.05) is 0 Å². The lowest BCUT2D eigenvalue weighted by atomic mass is 10.1. The molecule has 0 atom stereocenters. The number of carbonyl (C=O) groups is 3. The molecule has 0 aliphatic carbocycles. The summed E-state index contributed by atoms with van der Waals surface area (Å²) in [5.74, 6) is -0.212. The number of halogens is 2. The van der Waals surface area contributed by atoms with Crippen LogP contribution in [0.5, 0.6) is 11.5 Å². The van der Waals surface area contributed by atoms with Crippen molar-refractivity contribution in [2.45, 2.75) is 20.4 Å². The monoisotopic (exact) mass is 465 g/mol. The Morgan fingerprint density at radius 3 is 2.53 bits per heavy atom. The maximum atomic E-state index is 12.8. The molecule has 156 valence electrons. The van der Waals surface area contributed by atoms with E-state index in [1.54, 1.807) is 49.4 Å². The van der Waals surface area contributed by atoms with Crippen LogP contribution in [0.25, 0.3) is 6.08 Å². The van der Waals surface area contributed by atoms with Gasteiger partial charge in [0.05, 0.1) is 28.1 Å². The van der Waals surface area contributed by atoms with Gasteiger partial charge in [-0.1, -0.05) is 35.3 Å². The fourth-order valence-corrected chi connectivity index (χ4v) is 3.89. The molecule has 0 radical (unpaired) electrons.